The zero-order valence-electron chi connectivity index (χ0n) is 15.4. The lowest BCUT2D eigenvalue weighted by Gasteiger charge is -2.11. The molecule has 0 aromatic heterocycles. The Bertz CT molecular complexity index is 775. The van der Waals surface area contributed by atoms with Crippen LogP contribution in [0.5, 0.6) is 0 Å². The van der Waals surface area contributed by atoms with Crippen molar-refractivity contribution in [1.29, 1.82) is 0 Å². The van der Waals surface area contributed by atoms with Crippen LogP contribution < -0.4 is 16.0 Å². The van der Waals surface area contributed by atoms with E-state index in [9.17, 15) is 9.59 Å². The normalized spacial score (nSPS) is 10.3. The van der Waals surface area contributed by atoms with E-state index in [2.05, 4.69) is 22.0 Å². The van der Waals surface area contributed by atoms with Gasteiger partial charge in [-0.2, -0.15) is 0 Å². The molecule has 2 aromatic rings. The van der Waals surface area contributed by atoms with E-state index in [-0.39, 0.29) is 18.4 Å². The van der Waals surface area contributed by atoms with Crippen LogP contribution in [0.4, 0.5) is 11.4 Å². The average Bonchev–Trinajstić information content (AvgIpc) is 2.61. The van der Waals surface area contributed by atoms with Crippen molar-refractivity contribution in [2.45, 2.75) is 13.8 Å². The van der Waals surface area contributed by atoms with Crippen molar-refractivity contribution in [2.75, 3.05) is 37.4 Å². The number of aryl methyl sites for hydroxylation is 2. The van der Waals surface area contributed by atoms with Crippen molar-refractivity contribution in [3.63, 3.8) is 0 Å². The number of benzene rings is 2. The number of hydrogen-bond acceptors (Lipinski definition) is 4. The van der Waals surface area contributed by atoms with E-state index in [1.165, 1.54) is 5.56 Å². The number of amides is 2. The molecule has 0 aliphatic carbocycles. The van der Waals surface area contributed by atoms with Crippen LogP contribution in [-0.2, 0) is 9.53 Å². The molecule has 2 aromatic carbocycles. The van der Waals surface area contributed by atoms with Gasteiger partial charge in [0.15, 0.2) is 0 Å². The van der Waals surface area contributed by atoms with E-state index in [4.69, 9.17) is 4.74 Å². The van der Waals surface area contributed by atoms with Crippen molar-refractivity contribution in [3.05, 3.63) is 59.2 Å². The third-order valence-electron chi connectivity index (χ3n) is 3.82. The van der Waals surface area contributed by atoms with Crippen LogP contribution in [0.15, 0.2) is 42.5 Å². The lowest BCUT2D eigenvalue weighted by molar-refractivity contribution is -0.114. The number of hydrogen-bond donors (Lipinski definition) is 3. The van der Waals surface area contributed by atoms with Gasteiger partial charge in [0.2, 0.25) is 5.91 Å². The van der Waals surface area contributed by atoms with Crippen molar-refractivity contribution in [2.24, 2.45) is 0 Å². The zero-order valence-corrected chi connectivity index (χ0v) is 15.4. The Balaban J connectivity index is 1.90. The van der Waals surface area contributed by atoms with E-state index < -0.39 is 0 Å². The Labute approximate surface area is 153 Å². The predicted molar refractivity (Wildman–Crippen MR) is 104 cm³/mol. The summed E-state index contributed by atoms with van der Waals surface area (Å²) < 4.78 is 4.90. The topological polar surface area (TPSA) is 79.5 Å². The summed E-state index contributed by atoms with van der Waals surface area (Å²) in [7, 11) is 1.58. The van der Waals surface area contributed by atoms with Gasteiger partial charge in [0.05, 0.1) is 13.2 Å². The van der Waals surface area contributed by atoms with Gasteiger partial charge in [-0.25, -0.2) is 0 Å². The SMILES string of the molecule is COCCNC(=O)c1cccc(NC(=O)CNc2ccc(C)cc2C)c1. The van der Waals surface area contributed by atoms with Gasteiger partial charge in [0, 0.05) is 30.6 Å². The molecule has 6 heteroatoms. The fraction of sp³-hybridized carbons (Fsp3) is 0.300. The molecule has 0 spiro atoms. The molecule has 0 heterocycles. The summed E-state index contributed by atoms with van der Waals surface area (Å²) >= 11 is 0. The molecule has 0 fully saturated rings. The van der Waals surface area contributed by atoms with E-state index in [0.717, 1.165) is 11.3 Å². The van der Waals surface area contributed by atoms with E-state index in [1.54, 1.807) is 31.4 Å². The first-order valence-corrected chi connectivity index (χ1v) is 8.48. The van der Waals surface area contributed by atoms with Gasteiger partial charge in [0.1, 0.15) is 0 Å². The molecule has 0 saturated carbocycles. The second-order valence-corrected chi connectivity index (χ2v) is 6.05. The van der Waals surface area contributed by atoms with Gasteiger partial charge < -0.3 is 20.7 Å². The molecule has 26 heavy (non-hydrogen) atoms. The minimum absolute atomic E-state index is 0.147. The Morgan fingerprint density at radius 2 is 1.88 bits per heavy atom. The first kappa shape index (κ1) is 19.5. The maximum Gasteiger partial charge on any atom is 0.251 e. The fourth-order valence-corrected chi connectivity index (χ4v) is 2.50. The predicted octanol–water partition coefficient (Wildman–Crippen LogP) is 2.73. The molecule has 0 aliphatic heterocycles. The molecule has 0 saturated heterocycles. The molecule has 0 radical (unpaired) electrons. The summed E-state index contributed by atoms with van der Waals surface area (Å²) in [5, 5.41) is 8.67. The first-order valence-electron chi connectivity index (χ1n) is 8.48. The minimum atomic E-state index is -0.202. The Morgan fingerprint density at radius 1 is 1.08 bits per heavy atom. The van der Waals surface area contributed by atoms with Crippen LogP contribution >= 0.6 is 0 Å². The monoisotopic (exact) mass is 355 g/mol. The highest BCUT2D eigenvalue weighted by Gasteiger charge is 2.08. The fourth-order valence-electron chi connectivity index (χ4n) is 2.50. The molecule has 2 amide bonds. The second-order valence-electron chi connectivity index (χ2n) is 6.05. The molecular formula is C20H25N3O3. The van der Waals surface area contributed by atoms with Gasteiger partial charge in [-0.3, -0.25) is 9.59 Å². The number of rotatable bonds is 8. The summed E-state index contributed by atoms with van der Waals surface area (Å²) in [6.07, 6.45) is 0. The number of nitrogens with one attached hydrogen (secondary N) is 3. The molecule has 2 rings (SSSR count). The van der Waals surface area contributed by atoms with Crippen LogP contribution in [0.25, 0.3) is 0 Å². The van der Waals surface area contributed by atoms with Gasteiger partial charge in [0.25, 0.3) is 5.91 Å². The molecule has 138 valence electrons. The van der Waals surface area contributed by atoms with E-state index in [1.807, 2.05) is 26.0 Å². The maximum absolute atomic E-state index is 12.2. The van der Waals surface area contributed by atoms with Crippen LogP contribution in [0, 0.1) is 13.8 Å². The Morgan fingerprint density at radius 3 is 2.62 bits per heavy atom. The quantitative estimate of drug-likeness (QED) is 0.636. The van der Waals surface area contributed by atoms with E-state index >= 15 is 0 Å². The van der Waals surface area contributed by atoms with Gasteiger partial charge in [-0.1, -0.05) is 23.8 Å². The van der Waals surface area contributed by atoms with Crippen LogP contribution in [-0.4, -0.2) is 38.6 Å². The Hall–Kier alpha value is -2.86. The Kier molecular flexibility index (Phi) is 7.17. The molecule has 3 N–H and O–H groups in total. The van der Waals surface area contributed by atoms with Gasteiger partial charge in [-0.05, 0) is 43.7 Å². The molecule has 6 nitrogen and oxygen atoms in total. The van der Waals surface area contributed by atoms with Gasteiger partial charge in [-0.15, -0.1) is 0 Å². The molecule has 0 bridgehead atoms. The average molecular weight is 355 g/mol. The minimum Gasteiger partial charge on any atom is -0.383 e. The van der Waals surface area contributed by atoms with Crippen molar-refractivity contribution >= 4 is 23.2 Å². The first-order chi connectivity index (χ1) is 12.5. The van der Waals surface area contributed by atoms with Crippen LogP contribution in [0.1, 0.15) is 21.5 Å². The maximum atomic E-state index is 12.2. The molecule has 0 unspecified atom stereocenters. The number of carbonyl (C=O) groups excluding carboxylic acids is 2. The highest BCUT2D eigenvalue weighted by Crippen LogP contribution is 2.16. The summed E-state index contributed by atoms with van der Waals surface area (Å²) in [4.78, 5) is 24.2. The van der Waals surface area contributed by atoms with Crippen LogP contribution in [0.2, 0.25) is 0 Å². The van der Waals surface area contributed by atoms with Crippen molar-refractivity contribution in [1.82, 2.24) is 5.32 Å². The summed E-state index contributed by atoms with van der Waals surface area (Å²) in [6.45, 7) is 5.06. The lowest BCUT2D eigenvalue weighted by Crippen LogP contribution is -2.27. The molecular weight excluding hydrogens is 330 g/mol. The zero-order chi connectivity index (χ0) is 18.9. The largest absolute Gasteiger partial charge is 0.383 e. The highest BCUT2D eigenvalue weighted by molar-refractivity contribution is 5.98. The van der Waals surface area contributed by atoms with Crippen LogP contribution in [0.3, 0.4) is 0 Å². The third kappa shape index (κ3) is 5.89. The number of anilines is 2. The highest BCUT2D eigenvalue weighted by atomic mass is 16.5. The summed E-state index contributed by atoms with van der Waals surface area (Å²) in [6, 6.07) is 12.9. The standard InChI is InChI=1S/C20H25N3O3/c1-14-7-8-18(15(2)11-14)22-13-19(24)23-17-6-4-5-16(12-17)20(25)21-9-10-26-3/h4-8,11-12,22H,9-10,13H2,1-3H3,(H,21,25)(H,23,24). The third-order valence-corrected chi connectivity index (χ3v) is 3.82. The second kappa shape index (κ2) is 9.58. The number of carbonyl (C=O) groups is 2. The van der Waals surface area contributed by atoms with Crippen molar-refractivity contribution < 1.29 is 14.3 Å². The van der Waals surface area contributed by atoms with E-state index in [0.29, 0.717) is 24.4 Å². The lowest BCUT2D eigenvalue weighted by atomic mass is 10.1. The molecule has 0 atom stereocenters. The summed E-state index contributed by atoms with van der Waals surface area (Å²) in [5.74, 6) is -0.381. The number of ether oxygens (including phenoxy) is 1. The van der Waals surface area contributed by atoms with Crippen molar-refractivity contribution in [3.8, 4) is 0 Å². The smallest absolute Gasteiger partial charge is 0.251 e. The van der Waals surface area contributed by atoms with Gasteiger partial charge >= 0.3 is 0 Å². The summed E-state index contributed by atoms with van der Waals surface area (Å²) in [5.41, 5.74) is 4.26. The molecule has 0 aliphatic rings. The number of methoxy groups -OCH3 is 1.